The van der Waals surface area contributed by atoms with Gasteiger partial charge in [-0.05, 0) is 69.7 Å². The number of hydrogen-bond acceptors (Lipinski definition) is 7. The molecule has 0 amide bonds. The Labute approximate surface area is 264 Å². The molecule has 248 valence electrons. The first-order chi connectivity index (χ1) is 20.1. The number of carbonyl (C=O) groups is 1. The van der Waals surface area contributed by atoms with Gasteiger partial charge in [0, 0.05) is 13.0 Å². The number of carbonyl (C=O) groups excluding carboxylic acids is 1. The van der Waals surface area contributed by atoms with Crippen molar-refractivity contribution in [2.45, 2.75) is 124 Å². The minimum absolute atomic E-state index is 0.0270. The highest BCUT2D eigenvalue weighted by Gasteiger charge is 2.40. The van der Waals surface area contributed by atoms with E-state index in [0.717, 1.165) is 24.1 Å². The van der Waals surface area contributed by atoms with Crippen LogP contribution in [0.1, 0.15) is 82.6 Å². The van der Waals surface area contributed by atoms with E-state index in [-0.39, 0.29) is 41.8 Å². The first-order valence-electron chi connectivity index (χ1n) is 16.0. The molecule has 7 nitrogen and oxygen atoms in total. The second kappa shape index (κ2) is 18.3. The lowest BCUT2D eigenvalue weighted by Crippen LogP contribution is -2.49. The summed E-state index contributed by atoms with van der Waals surface area (Å²) < 4.78 is 35.2. The van der Waals surface area contributed by atoms with Crippen LogP contribution < -0.4 is 0 Å². The van der Waals surface area contributed by atoms with Crippen LogP contribution in [-0.2, 0) is 32.9 Å². The average Bonchev–Trinajstić information content (AvgIpc) is 2.95. The van der Waals surface area contributed by atoms with Crippen LogP contribution in [0.3, 0.4) is 0 Å². The molecular weight excluding hydrogens is 560 g/mol. The van der Waals surface area contributed by atoms with Crippen molar-refractivity contribution in [1.29, 1.82) is 0 Å². The fourth-order valence-electron chi connectivity index (χ4n) is 6.09. The van der Waals surface area contributed by atoms with E-state index in [2.05, 4.69) is 79.7 Å². The first-order valence-corrected chi connectivity index (χ1v) is 18.4. The summed E-state index contributed by atoms with van der Waals surface area (Å²) in [6.07, 6.45) is 11.0. The third kappa shape index (κ3) is 12.0. The third-order valence-corrected chi connectivity index (χ3v) is 14.0. The maximum atomic E-state index is 12.1. The van der Waals surface area contributed by atoms with Gasteiger partial charge in [0.25, 0.3) is 0 Å². The lowest BCUT2D eigenvalue weighted by Gasteiger charge is -2.42. The zero-order valence-electron chi connectivity index (χ0n) is 29.6. The predicted molar refractivity (Wildman–Crippen MR) is 178 cm³/mol. The van der Waals surface area contributed by atoms with E-state index in [9.17, 15) is 4.79 Å². The molecule has 0 unspecified atom stereocenters. The van der Waals surface area contributed by atoms with Crippen LogP contribution in [0.25, 0.3) is 0 Å². The van der Waals surface area contributed by atoms with Crippen molar-refractivity contribution in [1.82, 2.24) is 0 Å². The normalized spacial score (nSPS) is 23.3. The summed E-state index contributed by atoms with van der Waals surface area (Å²) in [5.41, 5.74) is 2.73. The van der Waals surface area contributed by atoms with Crippen molar-refractivity contribution in [3.8, 4) is 0 Å². The Hall–Kier alpha value is -1.71. The number of esters is 1. The van der Waals surface area contributed by atoms with Crippen molar-refractivity contribution >= 4 is 14.3 Å². The second-order valence-corrected chi connectivity index (χ2v) is 18.0. The molecule has 0 aromatic rings. The quantitative estimate of drug-likeness (QED) is 0.0530. The van der Waals surface area contributed by atoms with Gasteiger partial charge in [-0.2, -0.15) is 0 Å². The van der Waals surface area contributed by atoms with E-state index in [1.807, 2.05) is 20.8 Å². The Morgan fingerprint density at radius 2 is 1.67 bits per heavy atom. The van der Waals surface area contributed by atoms with Gasteiger partial charge in [-0.3, -0.25) is 0 Å². The standard InChI is InChI=1S/C35H62O7Si/c1-15-43(16-2,24(3)4)42-32(28(8)21-26(6)22-31(38-13)34(36)39-14)27(7)20-25(5)18-17-19-30(37-12)33-29(9)23-40-35(10,11)41-33/h17-19,21-22,24,27-30,32-33H,15-16,20,23H2,1-14H3/b19-17+,25-18+,26-21+,31-22-/t27-,28+,29-,30-,32-,33+/m0/s1. The van der Waals surface area contributed by atoms with E-state index in [1.54, 1.807) is 13.2 Å². The first kappa shape index (κ1) is 39.3. The molecule has 0 bridgehead atoms. The van der Waals surface area contributed by atoms with E-state index >= 15 is 0 Å². The SMILES string of the molecule is CC[Si](CC)(O[C@H]([C@H](C)/C=C(C)/C=C(\OC)C(=O)OC)[C@@H](C)C/C(C)=C/C=C/[C@H](OC)[C@@H]1OC(C)(C)OC[C@@H]1C)C(C)C. The van der Waals surface area contributed by atoms with Gasteiger partial charge in [0.15, 0.2) is 14.1 Å². The Balaban J connectivity index is 3.25. The lowest BCUT2D eigenvalue weighted by atomic mass is 9.87. The molecular formula is C35H62O7Si. The second-order valence-electron chi connectivity index (χ2n) is 13.0. The van der Waals surface area contributed by atoms with Gasteiger partial charge in [-0.1, -0.05) is 83.9 Å². The maximum absolute atomic E-state index is 12.1. The maximum Gasteiger partial charge on any atom is 0.373 e. The van der Waals surface area contributed by atoms with Gasteiger partial charge in [0.2, 0.25) is 5.76 Å². The number of hydrogen-bond donors (Lipinski definition) is 0. The van der Waals surface area contributed by atoms with Crippen molar-refractivity contribution < 1.29 is 32.9 Å². The van der Waals surface area contributed by atoms with Gasteiger partial charge in [0.1, 0.15) is 6.10 Å². The highest BCUT2D eigenvalue weighted by atomic mass is 28.4. The number of allylic oxidation sites excluding steroid dienone is 5. The van der Waals surface area contributed by atoms with E-state index in [0.29, 0.717) is 12.1 Å². The molecule has 6 atom stereocenters. The summed E-state index contributed by atoms with van der Waals surface area (Å²) >= 11 is 0. The lowest BCUT2D eigenvalue weighted by molar-refractivity contribution is -0.303. The molecule has 0 aromatic heterocycles. The molecule has 1 rings (SSSR count). The summed E-state index contributed by atoms with van der Waals surface area (Å²) in [5, 5.41) is 0. The van der Waals surface area contributed by atoms with Crippen LogP contribution in [0.15, 0.2) is 47.3 Å². The number of ether oxygens (including phenoxy) is 5. The summed E-state index contributed by atoms with van der Waals surface area (Å²) in [7, 11) is 2.59. The molecule has 1 saturated heterocycles. The summed E-state index contributed by atoms with van der Waals surface area (Å²) in [6.45, 7) is 24.5. The highest BCUT2D eigenvalue weighted by Crippen LogP contribution is 2.36. The Bertz CT molecular complexity index is 977. The molecule has 1 aliphatic heterocycles. The minimum Gasteiger partial charge on any atom is -0.490 e. The number of methoxy groups -OCH3 is 3. The molecule has 0 radical (unpaired) electrons. The van der Waals surface area contributed by atoms with Gasteiger partial charge in [-0.25, -0.2) is 4.79 Å². The fraction of sp³-hybridized carbons (Fsp3) is 0.743. The summed E-state index contributed by atoms with van der Waals surface area (Å²) in [5.74, 6) is -0.287. The Kier molecular flexibility index (Phi) is 16.7. The predicted octanol–water partition coefficient (Wildman–Crippen LogP) is 8.38. The van der Waals surface area contributed by atoms with Crippen molar-refractivity contribution in [3.63, 3.8) is 0 Å². The van der Waals surface area contributed by atoms with Crippen molar-refractivity contribution in [2.24, 2.45) is 17.8 Å². The smallest absolute Gasteiger partial charge is 0.373 e. The van der Waals surface area contributed by atoms with Gasteiger partial charge in [0.05, 0.1) is 33.0 Å². The Morgan fingerprint density at radius 1 is 1.05 bits per heavy atom. The average molecular weight is 623 g/mol. The monoisotopic (exact) mass is 622 g/mol. The fourth-order valence-corrected chi connectivity index (χ4v) is 9.81. The van der Waals surface area contributed by atoms with Gasteiger partial charge >= 0.3 is 5.97 Å². The summed E-state index contributed by atoms with van der Waals surface area (Å²) in [4.78, 5) is 12.1. The zero-order chi connectivity index (χ0) is 33.0. The highest BCUT2D eigenvalue weighted by molar-refractivity contribution is 6.75. The van der Waals surface area contributed by atoms with Crippen molar-refractivity contribution in [3.05, 3.63) is 47.3 Å². The number of rotatable bonds is 17. The molecule has 1 fully saturated rings. The van der Waals surface area contributed by atoms with Crippen LogP contribution in [-0.4, -0.2) is 66.3 Å². The zero-order valence-corrected chi connectivity index (χ0v) is 30.6. The minimum atomic E-state index is -1.97. The van der Waals surface area contributed by atoms with E-state index in [4.69, 9.17) is 28.1 Å². The van der Waals surface area contributed by atoms with E-state index < -0.39 is 20.1 Å². The Morgan fingerprint density at radius 3 is 2.19 bits per heavy atom. The molecule has 1 heterocycles. The van der Waals surface area contributed by atoms with Gasteiger partial charge < -0.3 is 28.1 Å². The third-order valence-electron chi connectivity index (χ3n) is 8.79. The summed E-state index contributed by atoms with van der Waals surface area (Å²) in [6, 6.07) is 2.16. The van der Waals surface area contributed by atoms with Crippen LogP contribution in [0.4, 0.5) is 0 Å². The van der Waals surface area contributed by atoms with Gasteiger partial charge in [-0.15, -0.1) is 0 Å². The molecule has 0 aliphatic carbocycles. The molecule has 43 heavy (non-hydrogen) atoms. The molecule has 0 N–H and O–H groups in total. The van der Waals surface area contributed by atoms with Crippen molar-refractivity contribution in [2.75, 3.05) is 27.9 Å². The van der Waals surface area contributed by atoms with Crippen LogP contribution in [0.5, 0.6) is 0 Å². The molecule has 0 aromatic carbocycles. The molecule has 8 heteroatoms. The largest absolute Gasteiger partial charge is 0.490 e. The van der Waals surface area contributed by atoms with Crippen LogP contribution in [0, 0.1) is 17.8 Å². The molecule has 0 saturated carbocycles. The van der Waals surface area contributed by atoms with Crippen LogP contribution in [0.2, 0.25) is 17.6 Å². The molecule has 0 spiro atoms. The topological polar surface area (TPSA) is 72.5 Å². The molecule has 1 aliphatic rings. The van der Waals surface area contributed by atoms with Crippen LogP contribution >= 0.6 is 0 Å². The van der Waals surface area contributed by atoms with E-state index in [1.165, 1.54) is 19.8 Å².